The molecule has 0 heterocycles. The fraction of sp³-hybridized carbons (Fsp3) is 0.600. The number of carbonyl (C=O) groups is 2. The van der Waals surface area contributed by atoms with Crippen LogP contribution in [0.2, 0.25) is 0 Å². The van der Waals surface area contributed by atoms with E-state index in [-0.39, 0.29) is 12.1 Å². The first kappa shape index (κ1) is 20.1. The second kappa shape index (κ2) is 12.2. The number of carbonyl (C=O) groups excluding carboxylic acids is 2. The van der Waals surface area contributed by atoms with Gasteiger partial charge in [-0.1, -0.05) is 50.3 Å². The van der Waals surface area contributed by atoms with Crippen LogP contribution < -0.4 is 21.3 Å². The van der Waals surface area contributed by atoms with Crippen LogP contribution in [0.3, 0.4) is 0 Å². The number of unbranched alkanes of at least 4 members (excludes halogenated alkanes) is 3. The van der Waals surface area contributed by atoms with Crippen molar-refractivity contribution >= 4 is 17.7 Å². The summed E-state index contributed by atoms with van der Waals surface area (Å²) in [7, 11) is 0. The van der Waals surface area contributed by atoms with Gasteiger partial charge in [-0.25, -0.2) is 9.59 Å². The summed E-state index contributed by atoms with van der Waals surface area (Å²) in [4.78, 5) is 23.5. The molecule has 0 aromatic heterocycles. The molecule has 4 amide bonds. The summed E-state index contributed by atoms with van der Waals surface area (Å²) >= 11 is 0. The average Bonchev–Trinajstić information content (AvgIpc) is 2.65. The second-order valence-corrected chi connectivity index (χ2v) is 6.90. The molecule has 1 aromatic rings. The van der Waals surface area contributed by atoms with Crippen molar-refractivity contribution < 1.29 is 9.59 Å². The molecular formula is C20H32N4O2. The van der Waals surface area contributed by atoms with E-state index in [0.29, 0.717) is 19.1 Å². The molecule has 0 radical (unpaired) electrons. The van der Waals surface area contributed by atoms with Crippen LogP contribution in [0.15, 0.2) is 30.3 Å². The highest BCUT2D eigenvalue weighted by atomic mass is 16.2. The van der Waals surface area contributed by atoms with E-state index in [4.69, 9.17) is 0 Å². The van der Waals surface area contributed by atoms with E-state index in [9.17, 15) is 9.59 Å². The number of anilines is 1. The summed E-state index contributed by atoms with van der Waals surface area (Å²) in [6.45, 7) is 1.37. The maximum Gasteiger partial charge on any atom is 0.319 e. The quantitative estimate of drug-likeness (QED) is 0.502. The minimum Gasteiger partial charge on any atom is -0.338 e. The van der Waals surface area contributed by atoms with Crippen LogP contribution in [0.1, 0.15) is 57.8 Å². The number of hydrogen-bond donors (Lipinski definition) is 4. The van der Waals surface area contributed by atoms with Crippen molar-refractivity contribution in [2.45, 2.75) is 63.8 Å². The zero-order valence-electron chi connectivity index (χ0n) is 15.6. The summed E-state index contributed by atoms with van der Waals surface area (Å²) in [5, 5.41) is 11.6. The molecule has 6 nitrogen and oxygen atoms in total. The zero-order valence-corrected chi connectivity index (χ0v) is 15.6. The van der Waals surface area contributed by atoms with Crippen molar-refractivity contribution in [2.75, 3.05) is 18.4 Å². The molecule has 6 heteroatoms. The lowest BCUT2D eigenvalue weighted by Gasteiger charge is -2.22. The standard InChI is InChI=1S/C20H32N4O2/c25-19(23-17-11-5-3-6-12-17)21-15-9-1-2-10-16-22-20(26)24-18-13-7-4-8-14-18/h3,5-6,11-12,18H,1-2,4,7-10,13-16H2,(H2,21,23,25)(H2,22,24,26). The number of benzene rings is 1. The van der Waals surface area contributed by atoms with Crippen LogP contribution in [0.4, 0.5) is 15.3 Å². The third-order valence-corrected chi connectivity index (χ3v) is 4.65. The summed E-state index contributed by atoms with van der Waals surface area (Å²) in [6, 6.07) is 9.56. The third kappa shape index (κ3) is 8.74. The maximum absolute atomic E-state index is 11.8. The monoisotopic (exact) mass is 360 g/mol. The van der Waals surface area contributed by atoms with E-state index in [2.05, 4.69) is 21.3 Å². The number of para-hydroxylation sites is 1. The van der Waals surface area contributed by atoms with Crippen molar-refractivity contribution in [1.82, 2.24) is 16.0 Å². The normalized spacial score (nSPS) is 14.5. The van der Waals surface area contributed by atoms with Gasteiger partial charge in [0.2, 0.25) is 0 Å². The van der Waals surface area contributed by atoms with Gasteiger partial charge in [-0.2, -0.15) is 0 Å². The molecule has 0 atom stereocenters. The third-order valence-electron chi connectivity index (χ3n) is 4.65. The fourth-order valence-electron chi connectivity index (χ4n) is 3.19. The Labute approximate surface area is 156 Å². The van der Waals surface area contributed by atoms with Gasteiger partial charge in [0.15, 0.2) is 0 Å². The van der Waals surface area contributed by atoms with Crippen molar-refractivity contribution in [2.24, 2.45) is 0 Å². The largest absolute Gasteiger partial charge is 0.338 e. The summed E-state index contributed by atoms with van der Waals surface area (Å²) in [5.41, 5.74) is 0.794. The Morgan fingerprint density at radius 2 is 1.42 bits per heavy atom. The highest BCUT2D eigenvalue weighted by Gasteiger charge is 2.14. The number of amides is 4. The Balaban J connectivity index is 1.39. The smallest absolute Gasteiger partial charge is 0.319 e. The fourth-order valence-corrected chi connectivity index (χ4v) is 3.19. The summed E-state index contributed by atoms with van der Waals surface area (Å²) in [5.74, 6) is 0. The molecule has 4 N–H and O–H groups in total. The van der Waals surface area contributed by atoms with Gasteiger partial charge < -0.3 is 21.3 Å². The highest BCUT2D eigenvalue weighted by molar-refractivity contribution is 5.89. The van der Waals surface area contributed by atoms with Crippen molar-refractivity contribution in [3.05, 3.63) is 30.3 Å². The Bertz CT molecular complexity index is 530. The van der Waals surface area contributed by atoms with E-state index in [1.165, 1.54) is 19.3 Å². The molecule has 1 fully saturated rings. The minimum atomic E-state index is -0.169. The van der Waals surface area contributed by atoms with Gasteiger partial charge in [0.05, 0.1) is 0 Å². The van der Waals surface area contributed by atoms with Gasteiger partial charge in [-0.15, -0.1) is 0 Å². The van der Waals surface area contributed by atoms with Crippen LogP contribution in [-0.4, -0.2) is 31.2 Å². The first-order chi connectivity index (χ1) is 12.7. The molecule has 0 bridgehead atoms. The first-order valence-corrected chi connectivity index (χ1v) is 9.88. The lowest BCUT2D eigenvalue weighted by molar-refractivity contribution is 0.232. The molecule has 26 heavy (non-hydrogen) atoms. The lowest BCUT2D eigenvalue weighted by atomic mass is 9.96. The Morgan fingerprint density at radius 3 is 2.08 bits per heavy atom. The molecule has 0 aliphatic heterocycles. The van der Waals surface area contributed by atoms with E-state index < -0.39 is 0 Å². The molecule has 1 saturated carbocycles. The predicted octanol–water partition coefficient (Wildman–Crippen LogP) is 4.00. The molecule has 0 spiro atoms. The van der Waals surface area contributed by atoms with E-state index in [0.717, 1.165) is 44.2 Å². The van der Waals surface area contributed by atoms with Gasteiger partial charge in [0.25, 0.3) is 0 Å². The van der Waals surface area contributed by atoms with E-state index in [1.54, 1.807) is 0 Å². The Hall–Kier alpha value is -2.24. The SMILES string of the molecule is O=C(NCCCCCCNC(=O)NC1CCCCC1)Nc1ccccc1. The molecule has 0 saturated heterocycles. The van der Waals surface area contributed by atoms with E-state index >= 15 is 0 Å². The van der Waals surface area contributed by atoms with Crippen LogP contribution in [-0.2, 0) is 0 Å². The maximum atomic E-state index is 11.8. The number of rotatable bonds is 9. The highest BCUT2D eigenvalue weighted by Crippen LogP contribution is 2.17. The van der Waals surface area contributed by atoms with Crippen LogP contribution in [0.25, 0.3) is 0 Å². The van der Waals surface area contributed by atoms with Crippen LogP contribution in [0, 0.1) is 0 Å². The lowest BCUT2D eigenvalue weighted by Crippen LogP contribution is -2.43. The van der Waals surface area contributed by atoms with Crippen LogP contribution in [0.5, 0.6) is 0 Å². The van der Waals surface area contributed by atoms with Gasteiger partial charge in [0, 0.05) is 24.8 Å². The van der Waals surface area contributed by atoms with Gasteiger partial charge in [-0.3, -0.25) is 0 Å². The average molecular weight is 361 g/mol. The zero-order chi connectivity index (χ0) is 18.5. The second-order valence-electron chi connectivity index (χ2n) is 6.90. The van der Waals surface area contributed by atoms with Gasteiger partial charge in [-0.05, 0) is 37.8 Å². The Morgan fingerprint density at radius 1 is 0.808 bits per heavy atom. The number of nitrogens with one attached hydrogen (secondary N) is 4. The summed E-state index contributed by atoms with van der Waals surface area (Å²) in [6.07, 6.45) is 9.96. The molecule has 1 aliphatic rings. The molecule has 0 unspecified atom stereocenters. The van der Waals surface area contributed by atoms with Crippen LogP contribution >= 0.6 is 0 Å². The molecule has 1 aliphatic carbocycles. The van der Waals surface area contributed by atoms with Crippen molar-refractivity contribution in [1.29, 1.82) is 0 Å². The minimum absolute atomic E-state index is 0.0313. The van der Waals surface area contributed by atoms with E-state index in [1.807, 2.05) is 30.3 Å². The molecule has 144 valence electrons. The first-order valence-electron chi connectivity index (χ1n) is 9.88. The van der Waals surface area contributed by atoms with Crippen molar-refractivity contribution in [3.63, 3.8) is 0 Å². The molecule has 2 rings (SSSR count). The van der Waals surface area contributed by atoms with Gasteiger partial charge >= 0.3 is 12.1 Å². The number of urea groups is 2. The number of hydrogen-bond acceptors (Lipinski definition) is 2. The van der Waals surface area contributed by atoms with Crippen molar-refractivity contribution in [3.8, 4) is 0 Å². The van der Waals surface area contributed by atoms with Gasteiger partial charge in [0.1, 0.15) is 0 Å². The molecular weight excluding hydrogens is 328 g/mol. The summed E-state index contributed by atoms with van der Waals surface area (Å²) < 4.78 is 0. The molecule has 1 aromatic carbocycles. The predicted molar refractivity (Wildman–Crippen MR) is 105 cm³/mol. The topological polar surface area (TPSA) is 82.3 Å². The Kier molecular flexibility index (Phi) is 9.40.